The predicted octanol–water partition coefficient (Wildman–Crippen LogP) is 1.47. The van der Waals surface area contributed by atoms with Gasteiger partial charge < -0.3 is 15.0 Å². The van der Waals surface area contributed by atoms with Crippen LogP contribution >= 0.6 is 0 Å². The molecule has 0 bridgehead atoms. The van der Waals surface area contributed by atoms with Crippen molar-refractivity contribution < 1.29 is 4.74 Å². The maximum Gasteiger partial charge on any atom is 0.165 e. The van der Waals surface area contributed by atoms with Gasteiger partial charge in [0, 0.05) is 6.61 Å². The van der Waals surface area contributed by atoms with Gasteiger partial charge in [-0.3, -0.25) is 0 Å². The van der Waals surface area contributed by atoms with Crippen LogP contribution in [0.3, 0.4) is 0 Å². The summed E-state index contributed by atoms with van der Waals surface area (Å²) in [5.41, 5.74) is 7.14. The van der Waals surface area contributed by atoms with Crippen LogP contribution in [0, 0.1) is 5.92 Å². The van der Waals surface area contributed by atoms with Crippen molar-refractivity contribution in [3.05, 3.63) is 12.7 Å². The Labute approximate surface area is 106 Å². The molecule has 1 atom stereocenters. The highest BCUT2D eigenvalue weighted by atomic mass is 16.5. The van der Waals surface area contributed by atoms with Gasteiger partial charge in [-0.1, -0.05) is 13.8 Å². The summed E-state index contributed by atoms with van der Waals surface area (Å²) in [5, 5.41) is 0. The second-order valence-corrected chi connectivity index (χ2v) is 4.87. The Hall–Kier alpha value is -1.69. The van der Waals surface area contributed by atoms with Crippen molar-refractivity contribution in [2.75, 3.05) is 12.3 Å². The topological polar surface area (TPSA) is 78.9 Å². The summed E-state index contributed by atoms with van der Waals surface area (Å²) in [6.45, 7) is 7.77. The van der Waals surface area contributed by atoms with Crippen LogP contribution in [0.1, 0.15) is 20.8 Å². The fourth-order valence-corrected chi connectivity index (χ4v) is 1.72. The van der Waals surface area contributed by atoms with Gasteiger partial charge in [-0.25, -0.2) is 15.0 Å². The number of ether oxygens (including phenoxy) is 1. The highest BCUT2D eigenvalue weighted by Gasteiger charge is 2.11. The molecule has 0 aliphatic carbocycles. The summed E-state index contributed by atoms with van der Waals surface area (Å²) in [7, 11) is 0. The van der Waals surface area contributed by atoms with Crippen molar-refractivity contribution >= 4 is 17.0 Å². The Kier molecular flexibility index (Phi) is 3.76. The SMILES string of the molecule is CC(C)CO[C@H](C)Cn1cnc2c(N)ncnc21. The highest BCUT2D eigenvalue weighted by Crippen LogP contribution is 2.15. The molecule has 0 radical (unpaired) electrons. The van der Waals surface area contributed by atoms with Gasteiger partial charge >= 0.3 is 0 Å². The van der Waals surface area contributed by atoms with E-state index in [4.69, 9.17) is 10.5 Å². The van der Waals surface area contributed by atoms with Crippen LogP contribution in [0.4, 0.5) is 5.82 Å². The molecule has 0 unspecified atom stereocenters. The first kappa shape index (κ1) is 12.8. The molecular formula is C12H19N5O. The van der Waals surface area contributed by atoms with E-state index in [1.165, 1.54) is 6.33 Å². The summed E-state index contributed by atoms with van der Waals surface area (Å²) in [4.78, 5) is 12.3. The Morgan fingerprint density at radius 3 is 2.78 bits per heavy atom. The number of nitrogen functional groups attached to an aromatic ring is 1. The summed E-state index contributed by atoms with van der Waals surface area (Å²) in [6, 6.07) is 0. The maximum absolute atomic E-state index is 5.74. The molecule has 6 heteroatoms. The van der Waals surface area contributed by atoms with Gasteiger partial charge in [-0.05, 0) is 12.8 Å². The lowest BCUT2D eigenvalue weighted by Gasteiger charge is -2.15. The van der Waals surface area contributed by atoms with Gasteiger partial charge in [-0.15, -0.1) is 0 Å². The van der Waals surface area contributed by atoms with E-state index >= 15 is 0 Å². The molecule has 0 aliphatic rings. The molecule has 0 amide bonds. The first-order valence-electron chi connectivity index (χ1n) is 6.11. The fraction of sp³-hybridized carbons (Fsp3) is 0.583. The Balaban J connectivity index is 2.10. The largest absolute Gasteiger partial charge is 0.382 e. The number of hydrogen-bond acceptors (Lipinski definition) is 5. The van der Waals surface area contributed by atoms with Gasteiger partial charge in [0.2, 0.25) is 0 Å². The van der Waals surface area contributed by atoms with E-state index in [1.54, 1.807) is 6.33 Å². The van der Waals surface area contributed by atoms with Gasteiger partial charge in [0.1, 0.15) is 11.8 Å². The average molecular weight is 249 g/mol. The van der Waals surface area contributed by atoms with E-state index in [9.17, 15) is 0 Å². The van der Waals surface area contributed by atoms with Crippen LogP contribution in [0.25, 0.3) is 11.2 Å². The monoisotopic (exact) mass is 249 g/mol. The molecule has 6 nitrogen and oxygen atoms in total. The van der Waals surface area contributed by atoms with Crippen LogP contribution in [-0.2, 0) is 11.3 Å². The number of fused-ring (bicyclic) bond motifs is 1. The van der Waals surface area contributed by atoms with E-state index in [2.05, 4.69) is 28.8 Å². The Morgan fingerprint density at radius 1 is 1.28 bits per heavy atom. The van der Waals surface area contributed by atoms with Gasteiger partial charge in [0.25, 0.3) is 0 Å². The Bertz CT molecular complexity index is 522. The zero-order valence-corrected chi connectivity index (χ0v) is 11.0. The predicted molar refractivity (Wildman–Crippen MR) is 70.0 cm³/mol. The summed E-state index contributed by atoms with van der Waals surface area (Å²) >= 11 is 0. The lowest BCUT2D eigenvalue weighted by atomic mass is 10.2. The molecule has 0 aliphatic heterocycles. The minimum absolute atomic E-state index is 0.112. The lowest BCUT2D eigenvalue weighted by molar-refractivity contribution is 0.0377. The molecule has 2 rings (SSSR count). The van der Waals surface area contributed by atoms with Crippen molar-refractivity contribution in [1.29, 1.82) is 0 Å². The molecule has 2 aromatic rings. The molecule has 0 saturated carbocycles. The second kappa shape index (κ2) is 5.30. The van der Waals surface area contributed by atoms with E-state index in [0.29, 0.717) is 23.8 Å². The van der Waals surface area contributed by atoms with Crippen molar-refractivity contribution in [3.8, 4) is 0 Å². The van der Waals surface area contributed by atoms with E-state index in [0.717, 1.165) is 12.3 Å². The molecule has 0 fully saturated rings. The minimum Gasteiger partial charge on any atom is -0.382 e. The minimum atomic E-state index is 0.112. The molecule has 2 N–H and O–H groups in total. The highest BCUT2D eigenvalue weighted by molar-refractivity contribution is 5.81. The zero-order chi connectivity index (χ0) is 13.1. The third kappa shape index (κ3) is 2.76. The first-order valence-corrected chi connectivity index (χ1v) is 6.11. The number of aromatic nitrogens is 4. The van der Waals surface area contributed by atoms with E-state index < -0.39 is 0 Å². The molecule has 2 heterocycles. The standard InChI is InChI=1S/C12H19N5O/c1-8(2)5-18-9(3)4-17-7-16-10-11(13)14-6-15-12(10)17/h6-9H,4-5H2,1-3H3,(H2,13,14,15)/t9-/m1/s1. The summed E-state index contributed by atoms with van der Waals surface area (Å²) in [5.74, 6) is 0.944. The van der Waals surface area contributed by atoms with Crippen LogP contribution in [0.2, 0.25) is 0 Å². The van der Waals surface area contributed by atoms with Crippen LogP contribution in [0.15, 0.2) is 12.7 Å². The number of imidazole rings is 1. The van der Waals surface area contributed by atoms with Gasteiger partial charge in [0.05, 0.1) is 19.0 Å². The van der Waals surface area contributed by atoms with Crippen LogP contribution in [0.5, 0.6) is 0 Å². The molecule has 0 saturated heterocycles. The molecular weight excluding hydrogens is 230 g/mol. The van der Waals surface area contributed by atoms with Crippen molar-refractivity contribution in [1.82, 2.24) is 19.5 Å². The third-order valence-electron chi connectivity index (χ3n) is 2.60. The van der Waals surface area contributed by atoms with Crippen molar-refractivity contribution in [2.45, 2.75) is 33.4 Å². The van der Waals surface area contributed by atoms with E-state index in [-0.39, 0.29) is 6.10 Å². The van der Waals surface area contributed by atoms with Crippen molar-refractivity contribution in [3.63, 3.8) is 0 Å². The molecule has 18 heavy (non-hydrogen) atoms. The quantitative estimate of drug-likeness (QED) is 0.868. The van der Waals surface area contributed by atoms with E-state index in [1.807, 2.05) is 11.5 Å². The third-order valence-corrected chi connectivity index (χ3v) is 2.60. The van der Waals surface area contributed by atoms with Crippen LogP contribution < -0.4 is 5.73 Å². The number of anilines is 1. The normalized spacial score (nSPS) is 13.3. The van der Waals surface area contributed by atoms with Crippen molar-refractivity contribution in [2.24, 2.45) is 5.92 Å². The molecule has 2 aromatic heterocycles. The molecule has 0 spiro atoms. The Morgan fingerprint density at radius 2 is 2.06 bits per heavy atom. The molecule has 0 aromatic carbocycles. The summed E-state index contributed by atoms with van der Waals surface area (Å²) in [6.07, 6.45) is 3.29. The lowest BCUT2D eigenvalue weighted by Crippen LogP contribution is -2.18. The van der Waals surface area contributed by atoms with Gasteiger partial charge in [0.15, 0.2) is 11.5 Å². The summed E-state index contributed by atoms with van der Waals surface area (Å²) < 4.78 is 7.68. The zero-order valence-electron chi connectivity index (χ0n) is 11.0. The number of nitrogens with two attached hydrogens (primary N) is 1. The number of hydrogen-bond donors (Lipinski definition) is 1. The smallest absolute Gasteiger partial charge is 0.165 e. The first-order chi connectivity index (χ1) is 8.58. The average Bonchev–Trinajstić information content (AvgIpc) is 2.72. The number of rotatable bonds is 5. The van der Waals surface area contributed by atoms with Gasteiger partial charge in [-0.2, -0.15) is 0 Å². The second-order valence-electron chi connectivity index (χ2n) is 4.87. The fourth-order valence-electron chi connectivity index (χ4n) is 1.72. The van der Waals surface area contributed by atoms with Crippen LogP contribution in [-0.4, -0.2) is 32.2 Å². The number of nitrogens with zero attached hydrogens (tertiary/aromatic N) is 4. The maximum atomic E-state index is 5.74. The molecule has 98 valence electrons.